The molecule has 15 heavy (non-hydrogen) atoms. The number of nitrogens with zero attached hydrogens (tertiary/aromatic N) is 2. The summed E-state index contributed by atoms with van der Waals surface area (Å²) in [5.74, 6) is 0. The topological polar surface area (TPSA) is 50.7 Å². The minimum Gasteiger partial charge on any atom is -0.300 e. The minimum atomic E-state index is -0.0587. The molecular weight excluding hydrogens is 214 g/mol. The number of aromatic amines is 1. The molecule has 2 aromatic heterocycles. The number of rotatable bonds is 1. The van der Waals surface area contributed by atoms with Crippen molar-refractivity contribution in [2.75, 3.05) is 0 Å². The molecule has 0 fully saturated rings. The summed E-state index contributed by atoms with van der Waals surface area (Å²) in [5.41, 5.74) is 2.18. The molecule has 0 aliphatic carbocycles. The Balaban J connectivity index is 2.64. The highest BCUT2D eigenvalue weighted by Crippen LogP contribution is 2.18. The predicted octanol–water partition coefficient (Wildman–Crippen LogP) is 1.74. The van der Waals surface area contributed by atoms with E-state index in [1.54, 1.807) is 25.4 Å². The van der Waals surface area contributed by atoms with Crippen LogP contribution in [0.3, 0.4) is 0 Å². The van der Waals surface area contributed by atoms with E-state index >= 15 is 0 Å². The number of hydrogen-bond acceptors (Lipinski definition) is 2. The number of hydrogen-bond donors (Lipinski definition) is 1. The number of H-pyrrole nitrogens is 1. The van der Waals surface area contributed by atoms with E-state index in [0.29, 0.717) is 10.7 Å². The molecule has 0 bridgehead atoms. The Hall–Kier alpha value is -1.55. The van der Waals surface area contributed by atoms with Gasteiger partial charge in [-0.05, 0) is 19.1 Å². The van der Waals surface area contributed by atoms with Gasteiger partial charge in [0.1, 0.15) is 5.15 Å². The number of aryl methyl sites for hydroxylation is 2. The molecule has 78 valence electrons. The maximum Gasteiger partial charge on any atom is 0.274 e. The average molecular weight is 224 g/mol. The maximum atomic E-state index is 11.7. The van der Waals surface area contributed by atoms with Gasteiger partial charge in [-0.15, -0.1) is 0 Å². The summed E-state index contributed by atoms with van der Waals surface area (Å²) in [7, 11) is 1.68. The quantitative estimate of drug-likeness (QED) is 0.749. The van der Waals surface area contributed by atoms with Gasteiger partial charge in [0.2, 0.25) is 0 Å². The first-order valence-corrected chi connectivity index (χ1v) is 4.85. The predicted molar refractivity (Wildman–Crippen MR) is 59.0 cm³/mol. The van der Waals surface area contributed by atoms with E-state index < -0.39 is 0 Å². The molecule has 0 saturated heterocycles. The van der Waals surface area contributed by atoms with Crippen molar-refractivity contribution in [2.24, 2.45) is 7.05 Å². The lowest BCUT2D eigenvalue weighted by molar-refractivity contribution is 0.731. The first-order chi connectivity index (χ1) is 7.09. The second-order valence-corrected chi connectivity index (χ2v) is 3.73. The van der Waals surface area contributed by atoms with Crippen LogP contribution in [0.4, 0.5) is 0 Å². The van der Waals surface area contributed by atoms with Gasteiger partial charge in [0.15, 0.2) is 0 Å². The molecule has 2 aromatic rings. The fourth-order valence-corrected chi connectivity index (χ4v) is 1.66. The summed E-state index contributed by atoms with van der Waals surface area (Å²) in [6.45, 7) is 1.85. The van der Waals surface area contributed by atoms with Crippen molar-refractivity contribution in [1.82, 2.24) is 14.8 Å². The third kappa shape index (κ3) is 1.68. The molecule has 4 nitrogen and oxygen atoms in total. The van der Waals surface area contributed by atoms with Gasteiger partial charge in [-0.2, -0.15) is 0 Å². The maximum absolute atomic E-state index is 11.7. The molecule has 2 heterocycles. The fraction of sp³-hybridized carbons (Fsp3) is 0.200. The summed E-state index contributed by atoms with van der Waals surface area (Å²) >= 11 is 5.68. The summed E-state index contributed by atoms with van der Waals surface area (Å²) in [6.07, 6.45) is 1.60. The van der Waals surface area contributed by atoms with E-state index in [4.69, 9.17) is 11.6 Å². The van der Waals surface area contributed by atoms with Gasteiger partial charge in [0.05, 0.1) is 5.56 Å². The highest BCUT2D eigenvalue weighted by Gasteiger charge is 2.11. The van der Waals surface area contributed by atoms with Crippen LogP contribution in [0.2, 0.25) is 5.15 Å². The van der Waals surface area contributed by atoms with Gasteiger partial charge in [0, 0.05) is 24.5 Å². The zero-order chi connectivity index (χ0) is 11.0. The molecule has 5 heteroatoms. The van der Waals surface area contributed by atoms with E-state index in [0.717, 1.165) is 11.3 Å². The smallest absolute Gasteiger partial charge is 0.274 e. The molecule has 0 aliphatic rings. The van der Waals surface area contributed by atoms with Crippen molar-refractivity contribution in [3.63, 3.8) is 0 Å². The molecule has 0 atom stereocenters. The lowest BCUT2D eigenvalue weighted by atomic mass is 10.1. The van der Waals surface area contributed by atoms with Crippen LogP contribution in [-0.4, -0.2) is 14.8 Å². The zero-order valence-electron chi connectivity index (χ0n) is 8.41. The van der Waals surface area contributed by atoms with Crippen LogP contribution in [0.25, 0.3) is 11.1 Å². The van der Waals surface area contributed by atoms with Crippen molar-refractivity contribution in [2.45, 2.75) is 6.92 Å². The second-order valence-electron chi connectivity index (χ2n) is 3.35. The van der Waals surface area contributed by atoms with Crippen LogP contribution in [0.5, 0.6) is 0 Å². The van der Waals surface area contributed by atoms with Gasteiger partial charge in [-0.3, -0.25) is 14.6 Å². The van der Waals surface area contributed by atoms with Gasteiger partial charge in [-0.25, -0.2) is 4.98 Å². The molecule has 0 unspecified atom stereocenters. The van der Waals surface area contributed by atoms with Gasteiger partial charge in [-0.1, -0.05) is 11.6 Å². The third-order valence-electron chi connectivity index (χ3n) is 2.24. The van der Waals surface area contributed by atoms with Crippen LogP contribution in [0.15, 0.2) is 23.1 Å². The van der Waals surface area contributed by atoms with E-state index in [1.165, 1.54) is 4.68 Å². The lowest BCUT2D eigenvalue weighted by Crippen LogP contribution is -2.13. The zero-order valence-corrected chi connectivity index (χ0v) is 9.17. The van der Waals surface area contributed by atoms with E-state index in [2.05, 4.69) is 10.1 Å². The van der Waals surface area contributed by atoms with Crippen molar-refractivity contribution >= 4 is 11.6 Å². The third-order valence-corrected chi connectivity index (χ3v) is 2.47. The lowest BCUT2D eigenvalue weighted by Gasteiger charge is -1.96. The molecule has 0 radical (unpaired) electrons. The number of halogens is 1. The number of pyridine rings is 1. The van der Waals surface area contributed by atoms with E-state index in [9.17, 15) is 4.79 Å². The molecule has 0 aliphatic heterocycles. The highest BCUT2D eigenvalue weighted by molar-refractivity contribution is 6.29. The van der Waals surface area contributed by atoms with Crippen molar-refractivity contribution in [3.05, 3.63) is 39.5 Å². The first-order valence-electron chi connectivity index (χ1n) is 4.47. The summed E-state index contributed by atoms with van der Waals surface area (Å²) < 4.78 is 1.44. The second kappa shape index (κ2) is 3.55. The molecule has 0 amide bonds. The molecule has 0 spiro atoms. The Morgan fingerprint density at radius 2 is 2.20 bits per heavy atom. The van der Waals surface area contributed by atoms with E-state index in [1.807, 2.05) is 6.92 Å². The average Bonchev–Trinajstić information content (AvgIpc) is 2.44. The first kappa shape index (κ1) is 9.98. The van der Waals surface area contributed by atoms with Crippen LogP contribution in [-0.2, 0) is 7.05 Å². The van der Waals surface area contributed by atoms with E-state index in [-0.39, 0.29) is 5.56 Å². The standard InChI is InChI=1S/C10H10ClN3O/c1-6-9(10(15)14(2)13-6)7-3-4-8(11)12-5-7/h3-5,13H,1-2H3. The van der Waals surface area contributed by atoms with Crippen molar-refractivity contribution in [3.8, 4) is 11.1 Å². The van der Waals surface area contributed by atoms with Crippen LogP contribution >= 0.6 is 11.6 Å². The Kier molecular flexibility index (Phi) is 2.36. The minimum absolute atomic E-state index is 0.0587. The Bertz CT molecular complexity index is 539. The number of aromatic nitrogens is 3. The van der Waals surface area contributed by atoms with Crippen LogP contribution in [0.1, 0.15) is 5.69 Å². The summed E-state index contributed by atoms with van der Waals surface area (Å²) in [5, 5.41) is 3.35. The molecule has 0 saturated carbocycles. The SMILES string of the molecule is Cc1[nH]n(C)c(=O)c1-c1ccc(Cl)nc1. The Labute approximate surface area is 91.5 Å². The fourth-order valence-electron chi connectivity index (χ4n) is 1.55. The van der Waals surface area contributed by atoms with Crippen LogP contribution in [0, 0.1) is 6.92 Å². The van der Waals surface area contributed by atoms with Gasteiger partial charge < -0.3 is 0 Å². The molecule has 0 aromatic carbocycles. The molecular formula is C10H10ClN3O. The Morgan fingerprint density at radius 3 is 2.67 bits per heavy atom. The normalized spacial score (nSPS) is 10.6. The van der Waals surface area contributed by atoms with Crippen molar-refractivity contribution < 1.29 is 0 Å². The van der Waals surface area contributed by atoms with Crippen LogP contribution < -0.4 is 5.56 Å². The monoisotopic (exact) mass is 223 g/mol. The van der Waals surface area contributed by atoms with Gasteiger partial charge in [0.25, 0.3) is 5.56 Å². The highest BCUT2D eigenvalue weighted by atomic mass is 35.5. The Morgan fingerprint density at radius 1 is 1.47 bits per heavy atom. The molecule has 1 N–H and O–H groups in total. The van der Waals surface area contributed by atoms with Gasteiger partial charge >= 0.3 is 0 Å². The number of nitrogens with one attached hydrogen (secondary N) is 1. The summed E-state index contributed by atoms with van der Waals surface area (Å²) in [4.78, 5) is 15.7. The largest absolute Gasteiger partial charge is 0.300 e. The summed E-state index contributed by atoms with van der Waals surface area (Å²) in [6, 6.07) is 3.45. The molecule has 2 rings (SSSR count). The van der Waals surface area contributed by atoms with Crippen molar-refractivity contribution in [1.29, 1.82) is 0 Å².